The van der Waals surface area contributed by atoms with E-state index in [1.54, 1.807) is 19.1 Å². The van der Waals surface area contributed by atoms with Crippen LogP contribution in [0, 0.1) is 6.92 Å². The molecule has 112 valence electrons. The van der Waals surface area contributed by atoms with Crippen molar-refractivity contribution in [3.63, 3.8) is 0 Å². The Morgan fingerprint density at radius 2 is 1.95 bits per heavy atom. The standard InChI is InChI=1S/C14H21NO4S/c1-4-12(3)15(9-14(16)17)20(18,19)10-13-8-6-5-7-11(13)2/h5-8,12H,4,9-10H2,1-3H3,(H,16,17). The summed E-state index contributed by atoms with van der Waals surface area (Å²) in [5.41, 5.74) is 1.58. The van der Waals surface area contributed by atoms with Gasteiger partial charge in [0.2, 0.25) is 10.0 Å². The van der Waals surface area contributed by atoms with Crippen LogP contribution in [0.15, 0.2) is 24.3 Å². The van der Waals surface area contributed by atoms with Gasteiger partial charge in [0.15, 0.2) is 0 Å². The molecule has 0 bridgehead atoms. The molecular weight excluding hydrogens is 278 g/mol. The second-order valence-corrected chi connectivity index (χ2v) is 6.80. The highest BCUT2D eigenvalue weighted by Gasteiger charge is 2.28. The van der Waals surface area contributed by atoms with Gasteiger partial charge < -0.3 is 5.11 Å². The molecule has 0 spiro atoms. The van der Waals surface area contributed by atoms with Gasteiger partial charge >= 0.3 is 5.97 Å². The maximum Gasteiger partial charge on any atom is 0.318 e. The molecule has 0 amide bonds. The summed E-state index contributed by atoms with van der Waals surface area (Å²) in [6.45, 7) is 4.90. The monoisotopic (exact) mass is 299 g/mol. The smallest absolute Gasteiger partial charge is 0.318 e. The Bertz CT molecular complexity index is 568. The van der Waals surface area contributed by atoms with Gasteiger partial charge in [0.25, 0.3) is 0 Å². The first-order valence-electron chi connectivity index (χ1n) is 6.53. The molecule has 0 aliphatic heterocycles. The van der Waals surface area contributed by atoms with Crippen LogP contribution < -0.4 is 0 Å². The van der Waals surface area contributed by atoms with Crippen LogP contribution in [-0.2, 0) is 20.6 Å². The number of aryl methyl sites for hydroxylation is 1. The van der Waals surface area contributed by atoms with Gasteiger partial charge in [0.1, 0.15) is 6.54 Å². The van der Waals surface area contributed by atoms with Crippen molar-refractivity contribution in [2.45, 2.75) is 39.0 Å². The van der Waals surface area contributed by atoms with E-state index >= 15 is 0 Å². The van der Waals surface area contributed by atoms with Crippen molar-refractivity contribution in [2.24, 2.45) is 0 Å². The lowest BCUT2D eigenvalue weighted by Crippen LogP contribution is -2.42. The molecular formula is C14H21NO4S. The fraction of sp³-hybridized carbons (Fsp3) is 0.500. The molecule has 20 heavy (non-hydrogen) atoms. The molecule has 1 rings (SSSR count). The van der Waals surface area contributed by atoms with Gasteiger partial charge in [-0.15, -0.1) is 0 Å². The van der Waals surface area contributed by atoms with Gasteiger partial charge in [-0.1, -0.05) is 31.2 Å². The maximum atomic E-state index is 12.5. The van der Waals surface area contributed by atoms with Gasteiger partial charge in [-0.25, -0.2) is 8.42 Å². The molecule has 0 aromatic heterocycles. The third-order valence-corrected chi connectivity index (χ3v) is 5.21. The minimum Gasteiger partial charge on any atom is -0.480 e. The van der Waals surface area contributed by atoms with E-state index in [0.717, 1.165) is 9.87 Å². The summed E-state index contributed by atoms with van der Waals surface area (Å²) >= 11 is 0. The number of rotatable bonds is 7. The second-order valence-electron chi connectivity index (χ2n) is 4.88. The van der Waals surface area contributed by atoms with E-state index in [9.17, 15) is 13.2 Å². The topological polar surface area (TPSA) is 74.7 Å². The summed E-state index contributed by atoms with van der Waals surface area (Å²) in [6.07, 6.45) is 0.570. The average Bonchev–Trinajstić information content (AvgIpc) is 2.37. The molecule has 0 aliphatic carbocycles. The summed E-state index contributed by atoms with van der Waals surface area (Å²) in [6, 6.07) is 6.88. The molecule has 1 aromatic carbocycles. The maximum absolute atomic E-state index is 12.5. The number of sulfonamides is 1. The van der Waals surface area contributed by atoms with E-state index in [0.29, 0.717) is 12.0 Å². The summed E-state index contributed by atoms with van der Waals surface area (Å²) < 4.78 is 26.0. The number of nitrogens with zero attached hydrogens (tertiary/aromatic N) is 1. The fourth-order valence-electron chi connectivity index (χ4n) is 1.92. The summed E-state index contributed by atoms with van der Waals surface area (Å²) in [5.74, 6) is -1.31. The van der Waals surface area contributed by atoms with E-state index in [4.69, 9.17) is 5.11 Å². The number of carboxylic acids is 1. The Kier molecular flexibility index (Phi) is 5.71. The lowest BCUT2D eigenvalue weighted by molar-refractivity contribution is -0.137. The number of hydrogen-bond donors (Lipinski definition) is 1. The van der Waals surface area contributed by atoms with E-state index in [2.05, 4.69) is 0 Å². The Labute approximate surface area is 120 Å². The molecule has 0 aliphatic rings. The number of aliphatic carboxylic acids is 1. The third-order valence-electron chi connectivity index (χ3n) is 3.33. The van der Waals surface area contributed by atoms with Gasteiger partial charge in [-0.2, -0.15) is 4.31 Å². The van der Waals surface area contributed by atoms with E-state index in [1.807, 2.05) is 26.0 Å². The number of carboxylic acid groups (broad SMARTS) is 1. The molecule has 6 heteroatoms. The fourth-order valence-corrected chi connectivity index (χ4v) is 3.80. The summed E-state index contributed by atoms with van der Waals surface area (Å²) in [7, 11) is -3.65. The Morgan fingerprint density at radius 1 is 1.35 bits per heavy atom. The zero-order chi connectivity index (χ0) is 15.3. The van der Waals surface area contributed by atoms with Crippen molar-refractivity contribution in [1.82, 2.24) is 4.31 Å². The Hall–Kier alpha value is -1.40. The van der Waals surface area contributed by atoms with Gasteiger partial charge in [-0.05, 0) is 31.4 Å². The van der Waals surface area contributed by atoms with Gasteiger partial charge in [-0.3, -0.25) is 4.79 Å². The zero-order valence-corrected chi connectivity index (χ0v) is 12.9. The first kappa shape index (κ1) is 16.7. The van der Waals surface area contributed by atoms with Crippen molar-refractivity contribution in [2.75, 3.05) is 6.54 Å². The average molecular weight is 299 g/mol. The highest BCUT2D eigenvalue weighted by molar-refractivity contribution is 7.88. The largest absolute Gasteiger partial charge is 0.480 e. The first-order chi connectivity index (χ1) is 9.27. The SMILES string of the molecule is CCC(C)N(CC(=O)O)S(=O)(=O)Cc1ccccc1C. The molecule has 0 saturated heterocycles. The van der Waals surface area contributed by atoms with E-state index in [1.165, 1.54) is 0 Å². The number of benzene rings is 1. The molecule has 0 radical (unpaired) electrons. The highest BCUT2D eigenvalue weighted by atomic mass is 32.2. The van der Waals surface area contributed by atoms with Crippen molar-refractivity contribution < 1.29 is 18.3 Å². The van der Waals surface area contributed by atoms with E-state index < -0.39 is 22.5 Å². The second kappa shape index (κ2) is 6.85. The van der Waals surface area contributed by atoms with Crippen LogP contribution in [0.2, 0.25) is 0 Å². The predicted molar refractivity (Wildman–Crippen MR) is 77.9 cm³/mol. The number of hydrogen-bond acceptors (Lipinski definition) is 3. The molecule has 0 heterocycles. The van der Waals surface area contributed by atoms with Crippen molar-refractivity contribution in [1.29, 1.82) is 0 Å². The van der Waals surface area contributed by atoms with Crippen molar-refractivity contribution in [3.8, 4) is 0 Å². The van der Waals surface area contributed by atoms with Crippen LogP contribution in [0.25, 0.3) is 0 Å². The highest BCUT2D eigenvalue weighted by Crippen LogP contribution is 2.17. The molecule has 1 aromatic rings. The molecule has 1 unspecified atom stereocenters. The van der Waals surface area contributed by atoms with Crippen LogP contribution in [-0.4, -0.2) is 36.4 Å². The lowest BCUT2D eigenvalue weighted by atomic mass is 10.1. The Balaban J connectivity index is 3.05. The predicted octanol–water partition coefficient (Wildman–Crippen LogP) is 2.01. The summed E-state index contributed by atoms with van der Waals surface area (Å²) in [4.78, 5) is 10.9. The minimum atomic E-state index is -3.65. The number of carbonyl (C=O) groups is 1. The van der Waals surface area contributed by atoms with Crippen LogP contribution >= 0.6 is 0 Å². The quantitative estimate of drug-likeness (QED) is 0.835. The molecule has 1 N–H and O–H groups in total. The molecule has 0 saturated carbocycles. The van der Waals surface area contributed by atoms with Crippen molar-refractivity contribution >= 4 is 16.0 Å². The third kappa shape index (κ3) is 4.31. The molecule has 1 atom stereocenters. The zero-order valence-electron chi connectivity index (χ0n) is 12.0. The normalized spacial score (nSPS) is 13.4. The van der Waals surface area contributed by atoms with Gasteiger partial charge in [0, 0.05) is 6.04 Å². The van der Waals surface area contributed by atoms with Crippen LogP contribution in [0.4, 0.5) is 0 Å². The molecule has 5 nitrogen and oxygen atoms in total. The lowest BCUT2D eigenvalue weighted by Gasteiger charge is -2.26. The van der Waals surface area contributed by atoms with Crippen LogP contribution in [0.1, 0.15) is 31.4 Å². The Morgan fingerprint density at radius 3 is 2.45 bits per heavy atom. The minimum absolute atomic E-state index is 0.169. The van der Waals surface area contributed by atoms with E-state index in [-0.39, 0.29) is 11.8 Å². The summed E-state index contributed by atoms with van der Waals surface area (Å²) in [5, 5.41) is 8.91. The van der Waals surface area contributed by atoms with Crippen molar-refractivity contribution in [3.05, 3.63) is 35.4 Å². The first-order valence-corrected chi connectivity index (χ1v) is 8.14. The van der Waals surface area contributed by atoms with Crippen LogP contribution in [0.3, 0.4) is 0 Å². The van der Waals surface area contributed by atoms with Gasteiger partial charge in [0.05, 0.1) is 5.75 Å². The van der Waals surface area contributed by atoms with Crippen LogP contribution in [0.5, 0.6) is 0 Å². The molecule has 0 fully saturated rings.